The maximum absolute atomic E-state index is 11.9. The summed E-state index contributed by atoms with van der Waals surface area (Å²) in [7, 11) is 0. The van der Waals surface area contributed by atoms with Gasteiger partial charge in [0.05, 0.1) is 12.2 Å². The van der Waals surface area contributed by atoms with E-state index in [9.17, 15) is 4.79 Å². The number of ether oxygens (including phenoxy) is 1. The number of nitrogens with one attached hydrogen (secondary N) is 2. The Morgan fingerprint density at radius 2 is 2.05 bits per heavy atom. The maximum atomic E-state index is 11.9. The smallest absolute Gasteiger partial charge is 0.315 e. The molecule has 4 nitrogen and oxygen atoms in total. The Labute approximate surface area is 126 Å². The van der Waals surface area contributed by atoms with Crippen LogP contribution in [-0.2, 0) is 17.7 Å². The molecule has 0 radical (unpaired) electrons. The van der Waals surface area contributed by atoms with Gasteiger partial charge >= 0.3 is 6.03 Å². The molecule has 0 aliphatic carbocycles. The lowest BCUT2D eigenvalue weighted by molar-refractivity contribution is 0.0927. The van der Waals surface area contributed by atoms with E-state index in [-0.39, 0.29) is 6.03 Å². The number of rotatable bonds is 5. The van der Waals surface area contributed by atoms with Crippen LogP contribution in [0.1, 0.15) is 37.3 Å². The number of hydrogen-bond acceptors (Lipinski definition) is 2. The fourth-order valence-electron chi connectivity index (χ4n) is 3.49. The first-order valence-electron chi connectivity index (χ1n) is 8.00. The second kappa shape index (κ2) is 6.48. The van der Waals surface area contributed by atoms with Crippen LogP contribution in [0.25, 0.3) is 0 Å². The Hall–Kier alpha value is -1.55. The maximum Gasteiger partial charge on any atom is 0.315 e. The van der Waals surface area contributed by atoms with Gasteiger partial charge in [0.2, 0.25) is 0 Å². The molecule has 0 spiro atoms. The third kappa shape index (κ3) is 3.38. The zero-order chi connectivity index (χ0) is 14.7. The van der Waals surface area contributed by atoms with Crippen LogP contribution in [0.15, 0.2) is 24.3 Å². The number of carbonyl (C=O) groups is 1. The lowest BCUT2D eigenvalue weighted by Crippen LogP contribution is -2.39. The van der Waals surface area contributed by atoms with Crippen LogP contribution in [0.2, 0.25) is 0 Å². The molecule has 0 aromatic heterocycles. The molecule has 21 heavy (non-hydrogen) atoms. The Bertz CT molecular complexity index is 503. The van der Waals surface area contributed by atoms with Crippen molar-refractivity contribution in [1.29, 1.82) is 0 Å². The largest absolute Gasteiger partial charge is 0.375 e. The minimum Gasteiger partial charge on any atom is -0.375 e. The summed E-state index contributed by atoms with van der Waals surface area (Å²) in [5, 5.41) is 5.94. The SMILES string of the molecule is CCc1ccccc1CNC(=O)NCC1CC2CCC1O2. The molecule has 4 heteroatoms. The van der Waals surface area contributed by atoms with E-state index in [0.29, 0.717) is 24.7 Å². The average molecular weight is 288 g/mol. The molecule has 1 aromatic rings. The minimum absolute atomic E-state index is 0.0799. The summed E-state index contributed by atoms with van der Waals surface area (Å²) in [6.07, 6.45) is 5.26. The molecule has 1 aromatic carbocycles. The molecule has 3 rings (SSSR count). The highest BCUT2D eigenvalue weighted by Gasteiger charge is 2.40. The molecule has 3 atom stereocenters. The van der Waals surface area contributed by atoms with Gasteiger partial charge in [-0.3, -0.25) is 0 Å². The molecule has 2 saturated heterocycles. The highest BCUT2D eigenvalue weighted by atomic mass is 16.5. The van der Waals surface area contributed by atoms with Crippen LogP contribution in [0.3, 0.4) is 0 Å². The van der Waals surface area contributed by atoms with Gasteiger partial charge in [-0.1, -0.05) is 31.2 Å². The van der Waals surface area contributed by atoms with E-state index in [2.05, 4.69) is 29.7 Å². The third-order valence-electron chi connectivity index (χ3n) is 4.70. The lowest BCUT2D eigenvalue weighted by Gasteiger charge is -2.19. The number of hydrogen-bond donors (Lipinski definition) is 2. The number of aryl methyl sites for hydroxylation is 1. The van der Waals surface area contributed by atoms with Crippen molar-refractivity contribution < 1.29 is 9.53 Å². The van der Waals surface area contributed by atoms with Crippen LogP contribution < -0.4 is 10.6 Å². The zero-order valence-corrected chi connectivity index (χ0v) is 12.6. The van der Waals surface area contributed by atoms with Crippen molar-refractivity contribution in [2.24, 2.45) is 5.92 Å². The third-order valence-corrected chi connectivity index (χ3v) is 4.70. The van der Waals surface area contributed by atoms with Crippen molar-refractivity contribution in [3.63, 3.8) is 0 Å². The first-order chi connectivity index (χ1) is 10.3. The van der Waals surface area contributed by atoms with Crippen molar-refractivity contribution in [2.45, 2.75) is 51.4 Å². The zero-order valence-electron chi connectivity index (χ0n) is 12.6. The van der Waals surface area contributed by atoms with Gasteiger partial charge in [-0.05, 0) is 36.8 Å². The molecule has 114 valence electrons. The van der Waals surface area contributed by atoms with Crippen molar-refractivity contribution in [3.8, 4) is 0 Å². The van der Waals surface area contributed by atoms with Gasteiger partial charge in [-0.25, -0.2) is 4.79 Å². The number of benzene rings is 1. The Balaban J connectivity index is 1.42. The summed E-state index contributed by atoms with van der Waals surface area (Å²) in [5.74, 6) is 0.498. The number of carbonyl (C=O) groups excluding carboxylic acids is 1. The second-order valence-corrected chi connectivity index (χ2v) is 6.06. The average Bonchev–Trinajstić information content (AvgIpc) is 3.14. The molecule has 2 N–H and O–H groups in total. The second-order valence-electron chi connectivity index (χ2n) is 6.06. The van der Waals surface area contributed by atoms with E-state index in [4.69, 9.17) is 4.74 Å². The molecule has 2 fully saturated rings. The fraction of sp³-hybridized carbons (Fsp3) is 0.588. The monoisotopic (exact) mass is 288 g/mol. The van der Waals surface area contributed by atoms with E-state index < -0.39 is 0 Å². The predicted octanol–water partition coefficient (Wildman–Crippen LogP) is 2.62. The standard InChI is InChI=1S/C17H24N2O2/c1-2-12-5-3-4-6-13(12)10-18-17(20)19-11-14-9-15-7-8-16(14)21-15/h3-6,14-16H,2,7-11H2,1H3,(H2,18,19,20). The molecule has 2 amide bonds. The predicted molar refractivity (Wildman–Crippen MR) is 82.1 cm³/mol. The number of amides is 2. The number of fused-ring (bicyclic) bond motifs is 2. The molecule has 2 heterocycles. The minimum atomic E-state index is -0.0799. The molecule has 0 saturated carbocycles. The first kappa shape index (κ1) is 14.4. The van der Waals surface area contributed by atoms with Crippen molar-refractivity contribution in [1.82, 2.24) is 10.6 Å². The van der Waals surface area contributed by atoms with E-state index in [0.717, 1.165) is 25.8 Å². The van der Waals surface area contributed by atoms with E-state index >= 15 is 0 Å². The van der Waals surface area contributed by atoms with Crippen LogP contribution in [0.5, 0.6) is 0 Å². The molecular weight excluding hydrogens is 264 g/mol. The summed E-state index contributed by atoms with van der Waals surface area (Å²) < 4.78 is 5.81. The van der Waals surface area contributed by atoms with Gasteiger partial charge in [0.25, 0.3) is 0 Å². The van der Waals surface area contributed by atoms with Crippen LogP contribution in [-0.4, -0.2) is 24.8 Å². The Kier molecular flexibility index (Phi) is 4.44. The van der Waals surface area contributed by atoms with E-state index in [1.165, 1.54) is 17.5 Å². The van der Waals surface area contributed by atoms with Crippen molar-refractivity contribution >= 4 is 6.03 Å². The number of urea groups is 1. The topological polar surface area (TPSA) is 50.4 Å². The van der Waals surface area contributed by atoms with Gasteiger partial charge in [0.1, 0.15) is 0 Å². The quantitative estimate of drug-likeness (QED) is 0.875. The van der Waals surface area contributed by atoms with Crippen LogP contribution in [0.4, 0.5) is 4.79 Å². The van der Waals surface area contributed by atoms with Crippen molar-refractivity contribution in [3.05, 3.63) is 35.4 Å². The van der Waals surface area contributed by atoms with Gasteiger partial charge in [-0.2, -0.15) is 0 Å². The lowest BCUT2D eigenvalue weighted by atomic mass is 9.89. The molecule has 3 unspecified atom stereocenters. The summed E-state index contributed by atoms with van der Waals surface area (Å²) in [5.41, 5.74) is 2.48. The van der Waals surface area contributed by atoms with Gasteiger partial charge in [-0.15, -0.1) is 0 Å². The highest BCUT2D eigenvalue weighted by Crippen LogP contribution is 2.38. The fourth-order valence-corrected chi connectivity index (χ4v) is 3.49. The molecule has 2 bridgehead atoms. The summed E-state index contributed by atoms with van der Waals surface area (Å²) in [6.45, 7) is 3.44. The summed E-state index contributed by atoms with van der Waals surface area (Å²) in [4.78, 5) is 11.9. The van der Waals surface area contributed by atoms with Crippen LogP contribution in [0, 0.1) is 5.92 Å². The van der Waals surface area contributed by atoms with E-state index in [1.807, 2.05) is 12.1 Å². The first-order valence-corrected chi connectivity index (χ1v) is 8.00. The van der Waals surface area contributed by atoms with Crippen molar-refractivity contribution in [2.75, 3.05) is 6.54 Å². The van der Waals surface area contributed by atoms with Crippen LogP contribution >= 0.6 is 0 Å². The molecule has 2 aliphatic rings. The molecule has 2 aliphatic heterocycles. The molecular formula is C17H24N2O2. The normalized spacial score (nSPS) is 26.8. The van der Waals surface area contributed by atoms with Gasteiger partial charge in [0, 0.05) is 19.0 Å². The van der Waals surface area contributed by atoms with Gasteiger partial charge in [0.15, 0.2) is 0 Å². The van der Waals surface area contributed by atoms with E-state index in [1.54, 1.807) is 0 Å². The summed E-state index contributed by atoms with van der Waals surface area (Å²) >= 11 is 0. The summed E-state index contributed by atoms with van der Waals surface area (Å²) in [6, 6.07) is 8.16. The van der Waals surface area contributed by atoms with Gasteiger partial charge < -0.3 is 15.4 Å². The highest BCUT2D eigenvalue weighted by molar-refractivity contribution is 5.73. The Morgan fingerprint density at radius 1 is 1.24 bits per heavy atom. The Morgan fingerprint density at radius 3 is 2.71 bits per heavy atom.